The molecule has 0 amide bonds. The zero-order valence-electron chi connectivity index (χ0n) is 17.6. The Hall–Kier alpha value is -2.64. The van der Waals surface area contributed by atoms with Crippen LogP contribution in [0.3, 0.4) is 0 Å². The molecule has 0 saturated carbocycles. The van der Waals surface area contributed by atoms with Crippen LogP contribution >= 0.6 is 0 Å². The van der Waals surface area contributed by atoms with Crippen molar-refractivity contribution in [2.75, 3.05) is 27.4 Å². The van der Waals surface area contributed by atoms with Gasteiger partial charge in [-0.25, -0.2) is 0 Å². The Morgan fingerprint density at radius 3 is 2.50 bits per heavy atom. The van der Waals surface area contributed by atoms with Crippen LogP contribution in [0.5, 0.6) is 5.75 Å². The molecule has 1 aromatic carbocycles. The van der Waals surface area contributed by atoms with Crippen molar-refractivity contribution in [2.24, 2.45) is 11.8 Å². The first kappa shape index (κ1) is 20.6. The highest BCUT2D eigenvalue weighted by Crippen LogP contribution is 2.49. The number of pyridine rings is 1. The predicted octanol–water partition coefficient (Wildman–Crippen LogP) is 2.07. The zero-order valence-corrected chi connectivity index (χ0v) is 17.6. The van der Waals surface area contributed by atoms with Gasteiger partial charge in [0.05, 0.1) is 20.3 Å². The first-order chi connectivity index (χ1) is 14.5. The number of hydrogen-bond acceptors (Lipinski definition) is 6. The van der Waals surface area contributed by atoms with Crippen molar-refractivity contribution < 1.29 is 19.4 Å². The second-order valence-electron chi connectivity index (χ2n) is 7.98. The Labute approximate surface area is 175 Å². The van der Waals surface area contributed by atoms with Crippen molar-refractivity contribution in [3.8, 4) is 16.9 Å². The number of ether oxygens (including phenoxy) is 2. The SMILES string of the molecule is CCCN1[C@H](C(=O)OC)[C@@H](CO)[C@@H]2Cn3c(ccc(-c4ccc(OC)cc4)c3=O)[C@@H]21. The Morgan fingerprint density at radius 1 is 1.17 bits per heavy atom. The average molecular weight is 412 g/mol. The van der Waals surface area contributed by atoms with E-state index in [1.54, 1.807) is 7.11 Å². The van der Waals surface area contributed by atoms with Crippen molar-refractivity contribution in [3.63, 3.8) is 0 Å². The normalized spacial score (nSPS) is 25.1. The summed E-state index contributed by atoms with van der Waals surface area (Å²) >= 11 is 0. The number of esters is 1. The number of rotatable bonds is 6. The fourth-order valence-corrected chi connectivity index (χ4v) is 5.20. The Kier molecular flexibility index (Phi) is 5.66. The molecule has 0 bridgehead atoms. The minimum Gasteiger partial charge on any atom is -0.497 e. The number of aromatic nitrogens is 1. The molecular weight excluding hydrogens is 384 g/mol. The van der Waals surface area contributed by atoms with Crippen LogP contribution in [0, 0.1) is 11.8 Å². The molecule has 7 nitrogen and oxygen atoms in total. The summed E-state index contributed by atoms with van der Waals surface area (Å²) in [6.45, 7) is 3.13. The number of aliphatic hydroxyl groups excluding tert-OH is 1. The number of carbonyl (C=O) groups excluding carboxylic acids is 1. The predicted molar refractivity (Wildman–Crippen MR) is 112 cm³/mol. The van der Waals surface area contributed by atoms with Gasteiger partial charge < -0.3 is 19.1 Å². The second-order valence-corrected chi connectivity index (χ2v) is 7.98. The van der Waals surface area contributed by atoms with Gasteiger partial charge in [-0.3, -0.25) is 14.5 Å². The molecular formula is C23H28N2O5. The van der Waals surface area contributed by atoms with Crippen molar-refractivity contribution in [3.05, 3.63) is 52.4 Å². The van der Waals surface area contributed by atoms with Crippen molar-refractivity contribution in [2.45, 2.75) is 32.0 Å². The molecule has 2 aliphatic heterocycles. The summed E-state index contributed by atoms with van der Waals surface area (Å²) in [4.78, 5) is 28.0. The highest BCUT2D eigenvalue weighted by atomic mass is 16.5. The van der Waals surface area contributed by atoms with E-state index in [1.807, 2.05) is 41.0 Å². The number of aliphatic hydroxyl groups is 1. The lowest BCUT2D eigenvalue weighted by atomic mass is 9.88. The third-order valence-corrected chi connectivity index (χ3v) is 6.52. The van der Waals surface area contributed by atoms with Crippen LogP contribution in [-0.4, -0.2) is 54.0 Å². The van der Waals surface area contributed by atoms with Crippen LogP contribution < -0.4 is 10.3 Å². The molecule has 7 heteroatoms. The van der Waals surface area contributed by atoms with Crippen LogP contribution in [0.2, 0.25) is 0 Å². The number of fused-ring (bicyclic) bond motifs is 3. The molecule has 2 aliphatic rings. The minimum atomic E-state index is -0.486. The van der Waals surface area contributed by atoms with Crippen molar-refractivity contribution >= 4 is 5.97 Å². The van der Waals surface area contributed by atoms with Gasteiger partial charge in [0.15, 0.2) is 0 Å². The topological polar surface area (TPSA) is 81.0 Å². The Morgan fingerprint density at radius 2 is 1.90 bits per heavy atom. The largest absolute Gasteiger partial charge is 0.497 e. The van der Waals surface area contributed by atoms with Gasteiger partial charge in [0, 0.05) is 36.2 Å². The molecule has 1 N–H and O–H groups in total. The summed E-state index contributed by atoms with van der Waals surface area (Å²) in [5.74, 6) is 0.146. The van der Waals surface area contributed by atoms with E-state index < -0.39 is 6.04 Å². The molecule has 0 spiro atoms. The van der Waals surface area contributed by atoms with Gasteiger partial charge in [-0.2, -0.15) is 0 Å². The Bertz CT molecular complexity index is 984. The van der Waals surface area contributed by atoms with E-state index in [2.05, 4.69) is 11.8 Å². The van der Waals surface area contributed by atoms with Crippen LogP contribution in [0.4, 0.5) is 0 Å². The molecule has 0 unspecified atom stereocenters. The quantitative estimate of drug-likeness (QED) is 0.732. The zero-order chi connectivity index (χ0) is 21.4. The lowest BCUT2D eigenvalue weighted by molar-refractivity contribution is -0.148. The summed E-state index contributed by atoms with van der Waals surface area (Å²) in [6, 6.07) is 10.7. The van der Waals surface area contributed by atoms with E-state index >= 15 is 0 Å². The lowest BCUT2D eigenvalue weighted by Crippen LogP contribution is -2.43. The molecule has 2 aromatic rings. The van der Waals surface area contributed by atoms with Gasteiger partial charge in [-0.15, -0.1) is 0 Å². The van der Waals surface area contributed by atoms with Gasteiger partial charge in [0.25, 0.3) is 5.56 Å². The third kappa shape index (κ3) is 3.13. The van der Waals surface area contributed by atoms with E-state index in [0.29, 0.717) is 18.7 Å². The lowest BCUT2D eigenvalue weighted by Gasteiger charge is -2.29. The van der Waals surface area contributed by atoms with Crippen molar-refractivity contribution in [1.82, 2.24) is 9.47 Å². The Balaban J connectivity index is 1.76. The molecule has 30 heavy (non-hydrogen) atoms. The molecule has 1 aromatic heterocycles. The number of hydrogen-bond donors (Lipinski definition) is 1. The third-order valence-electron chi connectivity index (χ3n) is 6.52. The minimum absolute atomic E-state index is 0.00975. The van der Waals surface area contributed by atoms with Gasteiger partial charge in [0.1, 0.15) is 11.8 Å². The first-order valence-electron chi connectivity index (χ1n) is 10.4. The molecule has 1 saturated heterocycles. The molecule has 4 atom stereocenters. The number of methoxy groups -OCH3 is 2. The highest BCUT2D eigenvalue weighted by molar-refractivity contribution is 5.77. The summed E-state index contributed by atoms with van der Waals surface area (Å²) < 4.78 is 12.1. The summed E-state index contributed by atoms with van der Waals surface area (Å²) in [6.07, 6.45) is 0.864. The van der Waals surface area contributed by atoms with Crippen LogP contribution in [0.25, 0.3) is 11.1 Å². The number of benzene rings is 1. The number of nitrogens with zero attached hydrogens (tertiary/aromatic N) is 2. The fraction of sp³-hybridized carbons (Fsp3) is 0.478. The maximum Gasteiger partial charge on any atom is 0.323 e. The van der Waals surface area contributed by atoms with Gasteiger partial charge in [0.2, 0.25) is 0 Å². The van der Waals surface area contributed by atoms with Gasteiger partial charge in [-0.05, 0) is 42.8 Å². The van der Waals surface area contributed by atoms with Crippen LogP contribution in [0.1, 0.15) is 25.1 Å². The summed E-state index contributed by atoms with van der Waals surface area (Å²) in [5.41, 5.74) is 2.33. The maximum atomic E-state index is 13.3. The molecule has 0 radical (unpaired) electrons. The number of likely N-dealkylation sites (tertiary alicyclic amines) is 1. The van der Waals surface area contributed by atoms with E-state index in [-0.39, 0.29) is 36.0 Å². The molecule has 160 valence electrons. The van der Waals surface area contributed by atoms with E-state index in [4.69, 9.17) is 9.47 Å². The molecule has 1 fully saturated rings. The fourth-order valence-electron chi connectivity index (χ4n) is 5.20. The van der Waals surface area contributed by atoms with Crippen LogP contribution in [-0.2, 0) is 16.1 Å². The highest BCUT2D eigenvalue weighted by Gasteiger charge is 2.55. The molecule has 4 rings (SSSR count). The second kappa shape index (κ2) is 8.24. The monoisotopic (exact) mass is 412 g/mol. The summed E-state index contributed by atoms with van der Waals surface area (Å²) in [7, 11) is 2.99. The smallest absolute Gasteiger partial charge is 0.323 e. The van der Waals surface area contributed by atoms with Crippen LogP contribution in [0.15, 0.2) is 41.2 Å². The van der Waals surface area contributed by atoms with Crippen molar-refractivity contribution in [1.29, 1.82) is 0 Å². The number of carbonyl (C=O) groups is 1. The maximum absolute atomic E-state index is 13.3. The first-order valence-corrected chi connectivity index (χ1v) is 10.4. The van der Waals surface area contributed by atoms with Gasteiger partial charge in [-0.1, -0.05) is 19.1 Å². The average Bonchev–Trinajstić information content (AvgIpc) is 3.29. The van der Waals surface area contributed by atoms with E-state index in [9.17, 15) is 14.7 Å². The van der Waals surface area contributed by atoms with E-state index in [0.717, 1.165) is 23.4 Å². The molecule has 3 heterocycles. The van der Waals surface area contributed by atoms with Gasteiger partial charge >= 0.3 is 5.97 Å². The van der Waals surface area contributed by atoms with E-state index in [1.165, 1.54) is 7.11 Å². The summed E-state index contributed by atoms with van der Waals surface area (Å²) in [5, 5.41) is 10.1. The molecule has 0 aliphatic carbocycles. The standard InChI is InChI=1S/C23H28N2O5/c1-4-11-24-20-17(18(13-26)21(24)23(28)30-3)12-25-19(20)10-9-16(22(25)27)14-5-7-15(29-2)8-6-14/h5-10,17-18,20-21,26H,4,11-13H2,1-3H3/t17-,18-,20+,21-/m0/s1.